The van der Waals surface area contributed by atoms with Gasteiger partial charge in [0.25, 0.3) is 5.78 Å². The molecule has 0 aromatic carbocycles. The molecule has 0 aliphatic carbocycles. The lowest BCUT2D eigenvalue weighted by molar-refractivity contribution is -0.150. The smallest absolute Gasteiger partial charge is 0.373 e. The standard InChI is InChI=1S/C16H27NO3/c1-2-3-4-5-6-7-8-9-10-11-12-14(13-17)15(18)16(19)20/h14H,2-12H2,1H3,(H,19,20). The Morgan fingerprint density at radius 3 is 1.80 bits per heavy atom. The summed E-state index contributed by atoms with van der Waals surface area (Å²) in [7, 11) is 0. The molecule has 0 saturated heterocycles. The molecule has 0 aliphatic rings. The van der Waals surface area contributed by atoms with Gasteiger partial charge in [-0.1, -0.05) is 71.1 Å². The number of carboxylic acids is 1. The summed E-state index contributed by atoms with van der Waals surface area (Å²) >= 11 is 0. The Balaban J connectivity index is 3.45. The van der Waals surface area contributed by atoms with Crippen molar-refractivity contribution in [3.8, 4) is 6.07 Å². The summed E-state index contributed by atoms with van der Waals surface area (Å²) in [4.78, 5) is 21.6. The summed E-state index contributed by atoms with van der Waals surface area (Å²) in [6, 6.07) is 1.78. The summed E-state index contributed by atoms with van der Waals surface area (Å²) in [5.41, 5.74) is 0. The van der Waals surface area contributed by atoms with Gasteiger partial charge < -0.3 is 5.11 Å². The van der Waals surface area contributed by atoms with E-state index < -0.39 is 17.7 Å². The molecule has 0 heterocycles. The fourth-order valence-electron chi connectivity index (χ4n) is 2.24. The van der Waals surface area contributed by atoms with Crippen LogP contribution in [-0.2, 0) is 9.59 Å². The average Bonchev–Trinajstić information content (AvgIpc) is 2.44. The van der Waals surface area contributed by atoms with Gasteiger partial charge in [0, 0.05) is 0 Å². The highest BCUT2D eigenvalue weighted by molar-refractivity contribution is 6.34. The molecule has 114 valence electrons. The van der Waals surface area contributed by atoms with E-state index >= 15 is 0 Å². The maximum absolute atomic E-state index is 11.1. The first-order chi connectivity index (χ1) is 9.63. The van der Waals surface area contributed by atoms with Gasteiger partial charge in [-0.05, 0) is 6.42 Å². The molecule has 20 heavy (non-hydrogen) atoms. The Bertz CT molecular complexity index is 320. The van der Waals surface area contributed by atoms with E-state index in [1.165, 1.54) is 44.9 Å². The summed E-state index contributed by atoms with van der Waals surface area (Å²) in [6.45, 7) is 2.21. The quantitative estimate of drug-likeness (QED) is 0.407. The molecule has 0 fully saturated rings. The number of rotatable bonds is 13. The van der Waals surface area contributed by atoms with E-state index in [4.69, 9.17) is 10.4 Å². The van der Waals surface area contributed by atoms with Crippen molar-refractivity contribution in [3.05, 3.63) is 0 Å². The number of hydrogen-bond acceptors (Lipinski definition) is 3. The molecule has 0 amide bonds. The zero-order chi connectivity index (χ0) is 15.2. The van der Waals surface area contributed by atoms with Crippen molar-refractivity contribution in [1.82, 2.24) is 0 Å². The minimum Gasteiger partial charge on any atom is -0.475 e. The van der Waals surface area contributed by atoms with Crippen molar-refractivity contribution in [2.45, 2.75) is 77.6 Å². The molecular weight excluding hydrogens is 254 g/mol. The molecule has 0 aromatic rings. The summed E-state index contributed by atoms with van der Waals surface area (Å²) in [5, 5.41) is 17.3. The third-order valence-electron chi connectivity index (χ3n) is 3.53. The molecule has 4 nitrogen and oxygen atoms in total. The second-order valence-electron chi connectivity index (χ2n) is 5.32. The van der Waals surface area contributed by atoms with Gasteiger partial charge in [-0.3, -0.25) is 4.79 Å². The Morgan fingerprint density at radius 2 is 1.40 bits per heavy atom. The Hall–Kier alpha value is -1.37. The fraction of sp³-hybridized carbons (Fsp3) is 0.812. The normalized spacial score (nSPS) is 11.8. The number of ketones is 1. The Morgan fingerprint density at radius 1 is 0.950 bits per heavy atom. The van der Waals surface area contributed by atoms with E-state index in [0.29, 0.717) is 6.42 Å². The lowest BCUT2D eigenvalue weighted by atomic mass is 9.97. The third kappa shape index (κ3) is 9.55. The number of carboxylic acid groups (broad SMARTS) is 1. The summed E-state index contributed by atoms with van der Waals surface area (Å²) in [5.74, 6) is -3.44. The van der Waals surface area contributed by atoms with Gasteiger partial charge in [-0.15, -0.1) is 0 Å². The number of hydrogen-bond donors (Lipinski definition) is 1. The average molecular weight is 281 g/mol. The van der Waals surface area contributed by atoms with Gasteiger partial charge in [-0.2, -0.15) is 5.26 Å². The first kappa shape index (κ1) is 18.6. The second-order valence-corrected chi connectivity index (χ2v) is 5.32. The van der Waals surface area contributed by atoms with Gasteiger partial charge in [-0.25, -0.2) is 4.79 Å². The number of nitriles is 1. The maximum atomic E-state index is 11.1. The van der Waals surface area contributed by atoms with Crippen LogP contribution >= 0.6 is 0 Å². The molecule has 1 atom stereocenters. The summed E-state index contributed by atoms with van der Waals surface area (Å²) in [6.07, 6.45) is 12.2. The lowest BCUT2D eigenvalue weighted by Gasteiger charge is -2.05. The number of unbranched alkanes of at least 4 members (excludes halogenated alkanes) is 9. The minimum atomic E-state index is -1.50. The van der Waals surface area contributed by atoms with Gasteiger partial charge in [0.05, 0.1) is 6.07 Å². The molecule has 0 radical (unpaired) electrons. The molecule has 0 aromatic heterocycles. The highest BCUT2D eigenvalue weighted by Crippen LogP contribution is 2.14. The first-order valence-corrected chi connectivity index (χ1v) is 7.80. The van der Waals surface area contributed by atoms with E-state index in [1.54, 1.807) is 6.07 Å². The number of carbonyl (C=O) groups excluding carboxylic acids is 1. The van der Waals surface area contributed by atoms with Crippen LogP contribution in [0.1, 0.15) is 77.6 Å². The van der Waals surface area contributed by atoms with Crippen LogP contribution in [0.4, 0.5) is 0 Å². The molecule has 4 heteroatoms. The van der Waals surface area contributed by atoms with Crippen LogP contribution in [0.15, 0.2) is 0 Å². The van der Waals surface area contributed by atoms with E-state index in [-0.39, 0.29) is 0 Å². The Kier molecular flexibility index (Phi) is 11.8. The summed E-state index contributed by atoms with van der Waals surface area (Å²) < 4.78 is 0. The Labute approximate surface area is 122 Å². The van der Waals surface area contributed by atoms with Crippen LogP contribution in [0, 0.1) is 17.2 Å². The van der Waals surface area contributed by atoms with Crippen molar-refractivity contribution < 1.29 is 14.7 Å². The van der Waals surface area contributed by atoms with Gasteiger partial charge in [0.2, 0.25) is 0 Å². The lowest BCUT2D eigenvalue weighted by Crippen LogP contribution is -2.22. The van der Waals surface area contributed by atoms with Crippen LogP contribution in [0.5, 0.6) is 0 Å². The van der Waals surface area contributed by atoms with E-state index in [1.807, 2.05) is 0 Å². The molecule has 0 spiro atoms. The minimum absolute atomic E-state index is 0.373. The van der Waals surface area contributed by atoms with Crippen LogP contribution in [-0.4, -0.2) is 16.9 Å². The third-order valence-corrected chi connectivity index (χ3v) is 3.53. The number of aliphatic carboxylic acids is 1. The van der Waals surface area contributed by atoms with Gasteiger partial charge in [0.1, 0.15) is 5.92 Å². The fourth-order valence-corrected chi connectivity index (χ4v) is 2.24. The van der Waals surface area contributed by atoms with E-state index in [2.05, 4.69) is 6.92 Å². The van der Waals surface area contributed by atoms with Crippen LogP contribution in [0.3, 0.4) is 0 Å². The van der Waals surface area contributed by atoms with Crippen molar-refractivity contribution in [2.75, 3.05) is 0 Å². The van der Waals surface area contributed by atoms with E-state index in [9.17, 15) is 9.59 Å². The van der Waals surface area contributed by atoms with Crippen molar-refractivity contribution in [1.29, 1.82) is 5.26 Å². The predicted octanol–water partition coefficient (Wildman–Crippen LogP) is 4.09. The molecule has 0 saturated carbocycles. The SMILES string of the molecule is CCCCCCCCCCCCC(C#N)C(=O)C(=O)O. The molecule has 0 rings (SSSR count). The van der Waals surface area contributed by atoms with Crippen LogP contribution < -0.4 is 0 Å². The van der Waals surface area contributed by atoms with Gasteiger partial charge >= 0.3 is 5.97 Å². The predicted molar refractivity (Wildman–Crippen MR) is 78.2 cm³/mol. The monoisotopic (exact) mass is 281 g/mol. The highest BCUT2D eigenvalue weighted by Gasteiger charge is 2.23. The van der Waals surface area contributed by atoms with Gasteiger partial charge in [0.15, 0.2) is 0 Å². The zero-order valence-electron chi connectivity index (χ0n) is 12.6. The molecular formula is C16H27NO3. The maximum Gasteiger partial charge on any atom is 0.373 e. The van der Waals surface area contributed by atoms with E-state index in [0.717, 1.165) is 19.3 Å². The second kappa shape index (κ2) is 12.7. The van der Waals surface area contributed by atoms with Crippen molar-refractivity contribution in [2.24, 2.45) is 5.92 Å². The number of carbonyl (C=O) groups is 2. The highest BCUT2D eigenvalue weighted by atomic mass is 16.4. The largest absolute Gasteiger partial charge is 0.475 e. The molecule has 1 unspecified atom stereocenters. The molecule has 1 N–H and O–H groups in total. The van der Waals surface area contributed by atoms with Crippen LogP contribution in [0.2, 0.25) is 0 Å². The first-order valence-electron chi connectivity index (χ1n) is 7.80. The topological polar surface area (TPSA) is 78.2 Å². The molecule has 0 aliphatic heterocycles. The van der Waals surface area contributed by atoms with Crippen molar-refractivity contribution in [3.63, 3.8) is 0 Å². The number of nitrogens with zero attached hydrogens (tertiary/aromatic N) is 1. The number of Topliss-reactive ketones (excluding diaryl/α,β-unsaturated/α-hetero) is 1. The molecule has 0 bridgehead atoms. The van der Waals surface area contributed by atoms with Crippen molar-refractivity contribution >= 4 is 11.8 Å². The van der Waals surface area contributed by atoms with Crippen LogP contribution in [0.25, 0.3) is 0 Å². The zero-order valence-corrected chi connectivity index (χ0v) is 12.6.